The molecule has 2 rings (SSSR count). The topological polar surface area (TPSA) is 54.7 Å². The largest absolute Gasteiger partial charge is 0.375 e. The summed E-state index contributed by atoms with van der Waals surface area (Å²) in [6.45, 7) is 5.53. The van der Waals surface area contributed by atoms with Gasteiger partial charge in [0.25, 0.3) is 0 Å². The molecule has 0 spiro atoms. The smallest absolute Gasteiger partial charge is 0.194 e. The first-order chi connectivity index (χ1) is 11.7. The summed E-state index contributed by atoms with van der Waals surface area (Å²) in [4.78, 5) is 6.72. The Kier molecular flexibility index (Phi) is 10.2. The molecule has 0 saturated heterocycles. The summed E-state index contributed by atoms with van der Waals surface area (Å²) in [6, 6.07) is 10.2. The molecule has 0 amide bonds. The van der Waals surface area contributed by atoms with E-state index in [4.69, 9.17) is 4.74 Å². The number of halogens is 1. The standard InChI is InChI=1S/C18H27N5O.HI/c1-4-19-18(22(2)13-17-12-21-23(3)14-17)20-10-11-24-15-16-8-6-5-7-9-16;/h5-9,12,14H,4,10-11,13,15H2,1-3H3,(H,19,20);1H. The van der Waals surface area contributed by atoms with Crippen LogP contribution in [0.2, 0.25) is 0 Å². The zero-order valence-corrected chi connectivity index (χ0v) is 17.5. The van der Waals surface area contributed by atoms with Crippen molar-refractivity contribution in [1.82, 2.24) is 20.0 Å². The predicted octanol–water partition coefficient (Wildman–Crippen LogP) is 2.65. The van der Waals surface area contributed by atoms with Crippen molar-refractivity contribution >= 4 is 29.9 Å². The van der Waals surface area contributed by atoms with Crippen LogP contribution in [0.25, 0.3) is 0 Å². The first-order valence-corrected chi connectivity index (χ1v) is 8.27. The summed E-state index contributed by atoms with van der Waals surface area (Å²) in [5, 5.41) is 7.51. The fourth-order valence-electron chi connectivity index (χ4n) is 2.35. The average Bonchev–Trinajstić information content (AvgIpc) is 2.99. The highest BCUT2D eigenvalue weighted by Crippen LogP contribution is 2.02. The van der Waals surface area contributed by atoms with Gasteiger partial charge in [-0.2, -0.15) is 5.10 Å². The van der Waals surface area contributed by atoms with E-state index in [1.165, 1.54) is 5.56 Å². The Labute approximate surface area is 167 Å². The van der Waals surface area contributed by atoms with Gasteiger partial charge in [0.15, 0.2) is 5.96 Å². The molecule has 0 saturated carbocycles. The maximum Gasteiger partial charge on any atom is 0.194 e. The van der Waals surface area contributed by atoms with Crippen LogP contribution in [-0.4, -0.2) is 47.4 Å². The number of guanidine groups is 1. The first kappa shape index (κ1) is 21.4. The van der Waals surface area contributed by atoms with E-state index in [-0.39, 0.29) is 24.0 Å². The van der Waals surface area contributed by atoms with Gasteiger partial charge in [-0.25, -0.2) is 0 Å². The van der Waals surface area contributed by atoms with Crippen LogP contribution in [-0.2, 0) is 24.9 Å². The van der Waals surface area contributed by atoms with Gasteiger partial charge in [-0.05, 0) is 12.5 Å². The molecule has 0 aliphatic heterocycles. The van der Waals surface area contributed by atoms with Crippen LogP contribution in [0.3, 0.4) is 0 Å². The molecule has 0 unspecified atom stereocenters. The lowest BCUT2D eigenvalue weighted by Gasteiger charge is -2.21. The van der Waals surface area contributed by atoms with E-state index in [0.717, 1.165) is 24.6 Å². The monoisotopic (exact) mass is 457 g/mol. The van der Waals surface area contributed by atoms with E-state index >= 15 is 0 Å². The third-order valence-electron chi connectivity index (χ3n) is 3.48. The van der Waals surface area contributed by atoms with Crippen LogP contribution in [0.4, 0.5) is 0 Å². The number of aromatic nitrogens is 2. The molecular formula is C18H28IN5O. The molecule has 6 nitrogen and oxygen atoms in total. The normalized spacial score (nSPS) is 11.1. The Balaban J connectivity index is 0.00000312. The zero-order chi connectivity index (χ0) is 17.2. The van der Waals surface area contributed by atoms with Crippen molar-refractivity contribution in [3.8, 4) is 0 Å². The van der Waals surface area contributed by atoms with Gasteiger partial charge in [0.2, 0.25) is 0 Å². The fourth-order valence-corrected chi connectivity index (χ4v) is 2.35. The number of aryl methyl sites for hydroxylation is 1. The molecular weight excluding hydrogens is 429 g/mol. The number of hydrogen-bond acceptors (Lipinski definition) is 3. The maximum atomic E-state index is 5.68. The van der Waals surface area contributed by atoms with Crippen molar-refractivity contribution in [2.75, 3.05) is 26.7 Å². The summed E-state index contributed by atoms with van der Waals surface area (Å²) >= 11 is 0. The third-order valence-corrected chi connectivity index (χ3v) is 3.48. The molecule has 1 heterocycles. The van der Waals surface area contributed by atoms with E-state index in [1.54, 1.807) is 0 Å². The molecule has 2 aromatic rings. The minimum Gasteiger partial charge on any atom is -0.375 e. The molecule has 0 atom stereocenters. The Morgan fingerprint density at radius 1 is 1.28 bits per heavy atom. The molecule has 0 aliphatic carbocycles. The van der Waals surface area contributed by atoms with E-state index in [0.29, 0.717) is 19.8 Å². The first-order valence-electron chi connectivity index (χ1n) is 8.27. The number of rotatable bonds is 8. The molecule has 0 fully saturated rings. The summed E-state index contributed by atoms with van der Waals surface area (Å²) in [5.41, 5.74) is 2.34. The van der Waals surface area contributed by atoms with Gasteiger partial charge in [0, 0.05) is 38.9 Å². The van der Waals surface area contributed by atoms with Crippen molar-refractivity contribution in [3.05, 3.63) is 53.9 Å². The van der Waals surface area contributed by atoms with Gasteiger partial charge in [-0.15, -0.1) is 24.0 Å². The van der Waals surface area contributed by atoms with Crippen LogP contribution in [0.15, 0.2) is 47.7 Å². The Hall–Kier alpha value is -1.61. The van der Waals surface area contributed by atoms with Gasteiger partial charge in [0.1, 0.15) is 0 Å². The number of nitrogens with one attached hydrogen (secondary N) is 1. The van der Waals surface area contributed by atoms with Crippen molar-refractivity contribution in [1.29, 1.82) is 0 Å². The lowest BCUT2D eigenvalue weighted by molar-refractivity contribution is 0.128. The fraction of sp³-hybridized carbons (Fsp3) is 0.444. The molecule has 7 heteroatoms. The molecule has 1 N–H and O–H groups in total. The van der Waals surface area contributed by atoms with E-state index in [1.807, 2.05) is 49.4 Å². The summed E-state index contributed by atoms with van der Waals surface area (Å²) in [5.74, 6) is 0.879. The second-order valence-electron chi connectivity index (χ2n) is 5.65. The predicted molar refractivity (Wildman–Crippen MR) is 112 cm³/mol. The molecule has 0 radical (unpaired) electrons. The maximum absolute atomic E-state index is 5.68. The van der Waals surface area contributed by atoms with Crippen LogP contribution < -0.4 is 5.32 Å². The van der Waals surface area contributed by atoms with Gasteiger partial charge in [-0.3, -0.25) is 9.67 Å². The lowest BCUT2D eigenvalue weighted by atomic mass is 10.2. The number of nitrogens with zero attached hydrogens (tertiary/aromatic N) is 4. The molecule has 0 bridgehead atoms. The zero-order valence-electron chi connectivity index (χ0n) is 15.2. The quantitative estimate of drug-likeness (QED) is 0.287. The Bertz CT molecular complexity index is 629. The minimum atomic E-state index is 0. The number of aliphatic imine (C=N–C) groups is 1. The molecule has 1 aromatic heterocycles. The van der Waals surface area contributed by atoms with Crippen LogP contribution in [0.5, 0.6) is 0 Å². The second kappa shape index (κ2) is 11.9. The molecule has 138 valence electrons. The highest BCUT2D eigenvalue weighted by Gasteiger charge is 2.07. The van der Waals surface area contributed by atoms with Crippen molar-refractivity contribution in [2.45, 2.75) is 20.1 Å². The van der Waals surface area contributed by atoms with Crippen LogP contribution >= 0.6 is 24.0 Å². The van der Waals surface area contributed by atoms with Gasteiger partial charge in [-0.1, -0.05) is 30.3 Å². The highest BCUT2D eigenvalue weighted by molar-refractivity contribution is 14.0. The second-order valence-corrected chi connectivity index (χ2v) is 5.65. The highest BCUT2D eigenvalue weighted by atomic mass is 127. The third kappa shape index (κ3) is 7.87. The summed E-state index contributed by atoms with van der Waals surface area (Å²) in [6.07, 6.45) is 3.89. The SMILES string of the molecule is CCNC(=NCCOCc1ccccc1)N(C)Cc1cnn(C)c1.I. The lowest BCUT2D eigenvalue weighted by Crippen LogP contribution is -2.38. The van der Waals surface area contributed by atoms with Gasteiger partial charge < -0.3 is 15.0 Å². The van der Waals surface area contributed by atoms with Crippen molar-refractivity contribution < 1.29 is 4.74 Å². The van der Waals surface area contributed by atoms with Crippen molar-refractivity contribution in [2.24, 2.45) is 12.0 Å². The van der Waals surface area contributed by atoms with Crippen molar-refractivity contribution in [3.63, 3.8) is 0 Å². The Morgan fingerprint density at radius 2 is 2.04 bits per heavy atom. The van der Waals surface area contributed by atoms with Gasteiger partial charge in [0.05, 0.1) is 26.0 Å². The van der Waals surface area contributed by atoms with E-state index in [9.17, 15) is 0 Å². The minimum absolute atomic E-state index is 0. The molecule has 1 aromatic carbocycles. The summed E-state index contributed by atoms with van der Waals surface area (Å²) < 4.78 is 7.49. The van der Waals surface area contributed by atoms with E-state index in [2.05, 4.69) is 39.4 Å². The van der Waals surface area contributed by atoms with Crippen LogP contribution in [0, 0.1) is 0 Å². The molecule has 25 heavy (non-hydrogen) atoms. The number of ether oxygens (including phenoxy) is 1. The average molecular weight is 457 g/mol. The number of hydrogen-bond donors (Lipinski definition) is 1. The number of benzene rings is 1. The van der Waals surface area contributed by atoms with Crippen LogP contribution in [0.1, 0.15) is 18.1 Å². The Morgan fingerprint density at radius 3 is 2.68 bits per heavy atom. The summed E-state index contributed by atoms with van der Waals surface area (Å²) in [7, 11) is 3.95. The van der Waals surface area contributed by atoms with E-state index < -0.39 is 0 Å². The van der Waals surface area contributed by atoms with Gasteiger partial charge >= 0.3 is 0 Å². The molecule has 0 aliphatic rings.